The number of aromatic nitrogens is 7. The Bertz CT molecular complexity index is 1570. The van der Waals surface area contributed by atoms with Crippen molar-refractivity contribution in [3.05, 3.63) is 39.3 Å². The SMILES string of the molecule is Cc1nc2c(ncn2[C@@H]2O[C@H](COP(=O)(O)O[C@@H]3C(F)[C@H](n4cnc(N)nc4=O)O[C@@H]3CO)C(O)C2F)c(=O)[nH]1. The van der Waals surface area contributed by atoms with Crippen LogP contribution < -0.4 is 17.0 Å². The highest BCUT2D eigenvalue weighted by Crippen LogP contribution is 2.49. The molecule has 218 valence electrons. The van der Waals surface area contributed by atoms with Crippen LogP contribution in [0.25, 0.3) is 11.2 Å². The quantitative estimate of drug-likeness (QED) is 0.177. The van der Waals surface area contributed by atoms with Gasteiger partial charge in [-0.2, -0.15) is 4.98 Å². The van der Waals surface area contributed by atoms with Gasteiger partial charge in [-0.25, -0.2) is 33.1 Å². The molecule has 0 bridgehead atoms. The number of halogens is 2. The van der Waals surface area contributed by atoms with Crippen molar-refractivity contribution in [3.8, 4) is 0 Å². The van der Waals surface area contributed by atoms with Crippen LogP contribution in [0.4, 0.5) is 14.7 Å². The molecule has 5 rings (SSSR count). The molecule has 0 aromatic carbocycles. The van der Waals surface area contributed by atoms with E-state index in [0.717, 1.165) is 17.2 Å². The zero-order valence-corrected chi connectivity index (χ0v) is 21.2. The van der Waals surface area contributed by atoms with E-state index in [2.05, 4.69) is 24.9 Å². The predicted molar refractivity (Wildman–Crippen MR) is 125 cm³/mol. The number of hydrogen-bond donors (Lipinski definition) is 5. The number of anilines is 1. The second kappa shape index (κ2) is 10.6. The van der Waals surface area contributed by atoms with Crippen LogP contribution in [0.1, 0.15) is 18.3 Å². The number of hydrogen-bond acceptors (Lipinski definition) is 14. The molecule has 9 atom stereocenters. The number of alkyl halides is 2. The summed E-state index contributed by atoms with van der Waals surface area (Å²) in [5, 5.41) is 19.9. The van der Waals surface area contributed by atoms with Gasteiger partial charge in [0, 0.05) is 0 Å². The maximum Gasteiger partial charge on any atom is 0.472 e. The van der Waals surface area contributed by atoms with E-state index in [4.69, 9.17) is 24.3 Å². The van der Waals surface area contributed by atoms with Gasteiger partial charge in [0.05, 0.1) is 19.5 Å². The first-order valence-corrected chi connectivity index (χ1v) is 13.1. The Morgan fingerprint density at radius 3 is 2.50 bits per heavy atom. The van der Waals surface area contributed by atoms with Gasteiger partial charge >= 0.3 is 13.5 Å². The summed E-state index contributed by atoms with van der Waals surface area (Å²) < 4.78 is 65.0. The summed E-state index contributed by atoms with van der Waals surface area (Å²) in [6.07, 6.45) is -12.5. The molecular formula is C19H23F2N8O10P. The van der Waals surface area contributed by atoms with Gasteiger partial charge in [-0.3, -0.25) is 23.0 Å². The zero-order chi connectivity index (χ0) is 28.9. The third-order valence-electron chi connectivity index (χ3n) is 6.24. The fourth-order valence-electron chi connectivity index (χ4n) is 4.36. The van der Waals surface area contributed by atoms with Crippen molar-refractivity contribution in [2.24, 2.45) is 0 Å². The van der Waals surface area contributed by atoms with Gasteiger partial charge in [-0.15, -0.1) is 0 Å². The molecule has 40 heavy (non-hydrogen) atoms. The number of phosphoric ester groups is 1. The lowest BCUT2D eigenvalue weighted by atomic mass is 10.1. The molecule has 3 aromatic rings. The van der Waals surface area contributed by atoms with Gasteiger partial charge in [0.2, 0.25) is 5.95 Å². The highest BCUT2D eigenvalue weighted by atomic mass is 31.2. The number of fused-ring (bicyclic) bond motifs is 1. The maximum absolute atomic E-state index is 15.2. The Labute approximate surface area is 221 Å². The first-order chi connectivity index (χ1) is 18.9. The number of aromatic amines is 1. The van der Waals surface area contributed by atoms with Gasteiger partial charge < -0.3 is 35.3 Å². The number of imidazole rings is 1. The molecule has 4 unspecified atom stereocenters. The molecular weight excluding hydrogens is 569 g/mol. The molecule has 6 N–H and O–H groups in total. The maximum atomic E-state index is 15.2. The lowest BCUT2D eigenvalue weighted by Gasteiger charge is -2.22. The summed E-state index contributed by atoms with van der Waals surface area (Å²) in [5.74, 6) is -0.171. The second-order valence-corrected chi connectivity index (χ2v) is 10.3. The number of nitrogens with two attached hydrogens (primary N) is 1. The Morgan fingerprint density at radius 2 is 1.80 bits per heavy atom. The summed E-state index contributed by atoms with van der Waals surface area (Å²) in [6, 6.07) is 0. The Hall–Kier alpha value is -3.23. The van der Waals surface area contributed by atoms with Gasteiger partial charge in [0.1, 0.15) is 36.6 Å². The van der Waals surface area contributed by atoms with Gasteiger partial charge in [-0.05, 0) is 6.92 Å². The average molecular weight is 592 g/mol. The number of rotatable bonds is 8. The van der Waals surface area contributed by atoms with E-state index in [-0.39, 0.29) is 22.9 Å². The van der Waals surface area contributed by atoms with Crippen LogP contribution in [-0.2, 0) is 23.1 Å². The van der Waals surface area contributed by atoms with E-state index in [0.29, 0.717) is 4.57 Å². The van der Waals surface area contributed by atoms with E-state index in [1.807, 2.05) is 0 Å². The molecule has 0 saturated carbocycles. The van der Waals surface area contributed by atoms with E-state index in [9.17, 15) is 33.7 Å². The number of aliphatic hydroxyl groups is 2. The third-order valence-corrected chi connectivity index (χ3v) is 7.23. The predicted octanol–water partition coefficient (Wildman–Crippen LogP) is -2.01. The fraction of sp³-hybridized carbons (Fsp3) is 0.579. The zero-order valence-electron chi connectivity index (χ0n) is 20.4. The van der Waals surface area contributed by atoms with Crippen LogP contribution in [0.2, 0.25) is 0 Å². The van der Waals surface area contributed by atoms with Crippen LogP contribution >= 0.6 is 7.82 Å². The Morgan fingerprint density at radius 1 is 1.12 bits per heavy atom. The summed E-state index contributed by atoms with van der Waals surface area (Å²) >= 11 is 0. The van der Waals surface area contributed by atoms with Crippen LogP contribution in [0.15, 0.2) is 22.2 Å². The van der Waals surface area contributed by atoms with Gasteiger partial charge in [-0.1, -0.05) is 0 Å². The minimum absolute atomic E-state index is 0.0238. The number of aliphatic hydroxyl groups excluding tert-OH is 2. The number of nitrogens with one attached hydrogen (secondary N) is 1. The molecule has 0 radical (unpaired) electrons. The van der Waals surface area contributed by atoms with E-state index in [1.165, 1.54) is 6.92 Å². The molecule has 18 nitrogen and oxygen atoms in total. The molecule has 2 saturated heterocycles. The number of nitrogen functional groups attached to an aromatic ring is 1. The summed E-state index contributed by atoms with van der Waals surface area (Å²) in [6.45, 7) is -0.279. The molecule has 21 heteroatoms. The first-order valence-electron chi connectivity index (χ1n) is 11.6. The van der Waals surface area contributed by atoms with E-state index >= 15 is 4.39 Å². The highest BCUT2D eigenvalue weighted by molar-refractivity contribution is 7.47. The van der Waals surface area contributed by atoms with Gasteiger partial charge in [0.15, 0.2) is 36.0 Å². The van der Waals surface area contributed by atoms with Crippen LogP contribution in [0.3, 0.4) is 0 Å². The number of ether oxygens (including phenoxy) is 2. The van der Waals surface area contributed by atoms with Crippen molar-refractivity contribution in [2.75, 3.05) is 18.9 Å². The molecule has 0 amide bonds. The molecule has 2 aliphatic heterocycles. The lowest BCUT2D eigenvalue weighted by molar-refractivity contribution is -0.0576. The number of H-pyrrole nitrogens is 1. The third kappa shape index (κ3) is 5.15. The minimum atomic E-state index is -5.16. The van der Waals surface area contributed by atoms with Gasteiger partial charge in [0.25, 0.3) is 5.56 Å². The second-order valence-electron chi connectivity index (χ2n) is 8.91. The van der Waals surface area contributed by atoms with Crippen LogP contribution in [0.5, 0.6) is 0 Å². The van der Waals surface area contributed by atoms with Crippen molar-refractivity contribution in [1.82, 2.24) is 34.1 Å². The first kappa shape index (κ1) is 28.3. The average Bonchev–Trinajstić information content (AvgIpc) is 3.53. The Balaban J connectivity index is 1.27. The molecule has 2 aliphatic rings. The Kier molecular flexibility index (Phi) is 7.52. The lowest BCUT2D eigenvalue weighted by Crippen LogP contribution is -2.36. The van der Waals surface area contributed by atoms with Crippen molar-refractivity contribution in [2.45, 2.75) is 56.1 Å². The molecule has 2 fully saturated rings. The summed E-state index contributed by atoms with van der Waals surface area (Å²) in [4.78, 5) is 51.7. The molecule has 3 aromatic heterocycles. The normalized spacial score (nSPS) is 32.0. The fourth-order valence-corrected chi connectivity index (χ4v) is 5.32. The van der Waals surface area contributed by atoms with E-state index < -0.39 is 81.5 Å². The largest absolute Gasteiger partial charge is 0.472 e. The standard InChI is InChI=1S/C19H23F2N8O10P/c1-6-25-14-11(15(32)26-6)23-4-28(14)16-9(20)12(31)8(38-16)3-36-40(34,35)39-13-7(2-30)37-17(10(13)21)29-5-24-18(22)27-19(29)33/h4-5,7-10,12-13,16-17,30-31H,2-3H2,1H3,(H,34,35)(H2,22,27,33)(H,25,26,32)/t7-,8-,9?,10?,12?,13+,16-,17-/m1/s1. The summed E-state index contributed by atoms with van der Waals surface area (Å²) in [5.41, 5.74) is 3.57. The van der Waals surface area contributed by atoms with Crippen molar-refractivity contribution in [3.63, 3.8) is 0 Å². The van der Waals surface area contributed by atoms with Crippen molar-refractivity contribution >= 4 is 24.9 Å². The van der Waals surface area contributed by atoms with E-state index in [1.54, 1.807) is 0 Å². The molecule has 5 heterocycles. The number of nitrogens with zero attached hydrogens (tertiary/aromatic N) is 6. The molecule has 0 aliphatic carbocycles. The highest BCUT2D eigenvalue weighted by Gasteiger charge is 2.51. The molecule has 0 spiro atoms. The number of phosphoric acid groups is 1. The minimum Gasteiger partial charge on any atom is -0.394 e. The smallest absolute Gasteiger partial charge is 0.394 e. The van der Waals surface area contributed by atoms with Crippen LogP contribution in [0, 0.1) is 6.92 Å². The summed E-state index contributed by atoms with van der Waals surface area (Å²) in [7, 11) is -5.16. The van der Waals surface area contributed by atoms with Crippen molar-refractivity contribution in [1.29, 1.82) is 0 Å². The number of aryl methyl sites for hydroxylation is 1. The monoisotopic (exact) mass is 592 g/mol. The van der Waals surface area contributed by atoms with Crippen molar-refractivity contribution < 1.29 is 47.0 Å². The van der Waals surface area contributed by atoms with Crippen LogP contribution in [-0.4, -0.2) is 99.1 Å². The topological polar surface area (TPSA) is 252 Å².